The van der Waals surface area contributed by atoms with E-state index in [0.29, 0.717) is 18.8 Å². The molecule has 0 N–H and O–H groups in total. The first-order chi connectivity index (χ1) is 9.35. The molecule has 0 aliphatic carbocycles. The normalized spacial score (nSPS) is 20.6. The smallest absolute Gasteiger partial charge is 0.246 e. The van der Waals surface area contributed by atoms with Crippen LogP contribution in [0.15, 0.2) is 17.3 Å². The molecule has 1 fully saturated rings. The summed E-state index contributed by atoms with van der Waals surface area (Å²) in [5.74, 6) is 0.232. The molecule has 1 aliphatic heterocycles. The summed E-state index contributed by atoms with van der Waals surface area (Å²) in [4.78, 5) is 0.0712. The number of sulfone groups is 1. The van der Waals surface area contributed by atoms with Gasteiger partial charge < -0.3 is 0 Å². The summed E-state index contributed by atoms with van der Waals surface area (Å²) in [6.45, 7) is 0.624. The molecule has 1 aliphatic rings. The van der Waals surface area contributed by atoms with Gasteiger partial charge in [0.1, 0.15) is 4.90 Å². The van der Waals surface area contributed by atoms with Crippen molar-refractivity contribution < 1.29 is 16.8 Å². The summed E-state index contributed by atoms with van der Waals surface area (Å²) in [6, 6.07) is 0. The molecule has 7 nitrogen and oxygen atoms in total. The van der Waals surface area contributed by atoms with Crippen molar-refractivity contribution in [1.29, 1.82) is 0 Å². The standard InChI is InChI=1S/C10H16ClN3O4S2/c11-2-4-13-9-10(8-12-13)20(17,18)14-3-1-6-19(15,16)7-5-14/h8-9H,1-7H2. The molecule has 1 aromatic heterocycles. The quantitative estimate of drug-likeness (QED) is 0.715. The molecule has 1 aromatic rings. The van der Waals surface area contributed by atoms with Crippen LogP contribution in [-0.2, 0) is 26.4 Å². The highest BCUT2D eigenvalue weighted by Gasteiger charge is 2.29. The molecule has 114 valence electrons. The van der Waals surface area contributed by atoms with Crippen molar-refractivity contribution in [2.45, 2.75) is 17.9 Å². The molecule has 0 amide bonds. The maximum atomic E-state index is 12.4. The van der Waals surface area contributed by atoms with Crippen molar-refractivity contribution in [1.82, 2.24) is 14.1 Å². The van der Waals surface area contributed by atoms with Gasteiger partial charge in [-0.15, -0.1) is 11.6 Å². The number of sulfonamides is 1. The Kier molecular flexibility index (Phi) is 4.73. The first kappa shape index (κ1) is 15.7. The van der Waals surface area contributed by atoms with Gasteiger partial charge in [-0.3, -0.25) is 4.68 Å². The number of aromatic nitrogens is 2. The Hall–Kier alpha value is -0.640. The van der Waals surface area contributed by atoms with E-state index in [-0.39, 0.29) is 29.5 Å². The number of alkyl halides is 1. The first-order valence-electron chi connectivity index (χ1n) is 6.14. The molecule has 0 bridgehead atoms. The zero-order valence-electron chi connectivity index (χ0n) is 10.8. The first-order valence-corrected chi connectivity index (χ1v) is 9.94. The molecule has 10 heteroatoms. The lowest BCUT2D eigenvalue weighted by Gasteiger charge is -2.17. The Labute approximate surface area is 123 Å². The lowest BCUT2D eigenvalue weighted by molar-refractivity contribution is 0.434. The van der Waals surface area contributed by atoms with Crippen LogP contribution in [0, 0.1) is 0 Å². The second-order valence-corrected chi connectivity index (χ2v) is 9.16. The third-order valence-corrected chi connectivity index (χ3v) is 6.81. The van der Waals surface area contributed by atoms with Crippen molar-refractivity contribution in [2.75, 3.05) is 30.5 Å². The summed E-state index contributed by atoms with van der Waals surface area (Å²) < 4.78 is 50.5. The monoisotopic (exact) mass is 341 g/mol. The van der Waals surface area contributed by atoms with Crippen LogP contribution in [-0.4, -0.2) is 61.4 Å². The van der Waals surface area contributed by atoms with Crippen LogP contribution in [0.2, 0.25) is 0 Å². The number of nitrogens with zero attached hydrogens (tertiary/aromatic N) is 3. The second-order valence-electron chi connectivity index (χ2n) is 4.54. The van der Waals surface area contributed by atoms with Gasteiger partial charge in [-0.1, -0.05) is 0 Å². The molecule has 0 spiro atoms. The molecule has 1 saturated heterocycles. The van der Waals surface area contributed by atoms with Gasteiger partial charge in [-0.25, -0.2) is 16.8 Å². The predicted octanol–water partition coefficient (Wildman–Crippen LogP) is -0.0689. The predicted molar refractivity (Wildman–Crippen MR) is 75.0 cm³/mol. The highest BCUT2D eigenvalue weighted by atomic mass is 35.5. The molecule has 2 rings (SSSR count). The van der Waals surface area contributed by atoms with E-state index in [1.54, 1.807) is 0 Å². The van der Waals surface area contributed by atoms with Gasteiger partial charge in [-0.05, 0) is 6.42 Å². The van der Waals surface area contributed by atoms with Crippen LogP contribution >= 0.6 is 11.6 Å². The zero-order chi connectivity index (χ0) is 14.8. The van der Waals surface area contributed by atoms with E-state index in [9.17, 15) is 16.8 Å². The van der Waals surface area contributed by atoms with Crippen molar-refractivity contribution >= 4 is 31.5 Å². The van der Waals surface area contributed by atoms with Gasteiger partial charge in [0.2, 0.25) is 10.0 Å². The average Bonchev–Trinajstić information content (AvgIpc) is 2.75. The molecule has 0 saturated carbocycles. The molecular weight excluding hydrogens is 326 g/mol. The van der Waals surface area contributed by atoms with Crippen LogP contribution in [0.25, 0.3) is 0 Å². The van der Waals surface area contributed by atoms with E-state index in [0.717, 1.165) is 0 Å². The number of aryl methyl sites for hydroxylation is 1. The van der Waals surface area contributed by atoms with E-state index in [4.69, 9.17) is 11.6 Å². The van der Waals surface area contributed by atoms with E-state index in [2.05, 4.69) is 5.10 Å². The second kappa shape index (κ2) is 6.00. The molecule has 2 heterocycles. The van der Waals surface area contributed by atoms with E-state index >= 15 is 0 Å². The van der Waals surface area contributed by atoms with Crippen LogP contribution < -0.4 is 0 Å². The SMILES string of the molecule is O=S1(=O)CCCN(S(=O)(=O)c2cnn(CCCl)c2)CC1. The molecule has 0 unspecified atom stereocenters. The number of hydrogen-bond donors (Lipinski definition) is 0. The summed E-state index contributed by atoms with van der Waals surface area (Å²) >= 11 is 5.57. The lowest BCUT2D eigenvalue weighted by Crippen LogP contribution is -2.33. The molecular formula is C10H16ClN3O4S2. The van der Waals surface area contributed by atoms with E-state index in [1.807, 2.05) is 0 Å². The average molecular weight is 342 g/mol. The van der Waals surface area contributed by atoms with Gasteiger partial charge in [0, 0.05) is 25.2 Å². The maximum absolute atomic E-state index is 12.4. The summed E-state index contributed by atoms with van der Waals surface area (Å²) in [5, 5.41) is 3.93. The topological polar surface area (TPSA) is 89.3 Å². The van der Waals surface area contributed by atoms with Crippen LogP contribution in [0.4, 0.5) is 0 Å². The molecule has 20 heavy (non-hydrogen) atoms. The maximum Gasteiger partial charge on any atom is 0.246 e. The summed E-state index contributed by atoms with van der Waals surface area (Å²) in [7, 11) is -6.83. The van der Waals surface area contributed by atoms with Crippen molar-refractivity contribution in [3.05, 3.63) is 12.4 Å². The molecule has 0 aromatic carbocycles. The number of hydrogen-bond acceptors (Lipinski definition) is 5. The molecule has 0 atom stereocenters. The largest absolute Gasteiger partial charge is 0.270 e. The van der Waals surface area contributed by atoms with Crippen LogP contribution in [0.3, 0.4) is 0 Å². The Morgan fingerprint density at radius 1 is 1.30 bits per heavy atom. The fraction of sp³-hybridized carbons (Fsp3) is 0.700. The number of halogens is 1. The van der Waals surface area contributed by atoms with Crippen LogP contribution in [0.5, 0.6) is 0 Å². The van der Waals surface area contributed by atoms with Gasteiger partial charge in [0.25, 0.3) is 0 Å². The van der Waals surface area contributed by atoms with E-state index in [1.165, 1.54) is 21.4 Å². The Morgan fingerprint density at radius 3 is 2.75 bits per heavy atom. The minimum absolute atomic E-state index is 0.00858. The third-order valence-electron chi connectivity index (χ3n) is 3.08. The Morgan fingerprint density at radius 2 is 2.05 bits per heavy atom. The van der Waals surface area contributed by atoms with Gasteiger partial charge in [-0.2, -0.15) is 9.40 Å². The lowest BCUT2D eigenvalue weighted by atomic mass is 10.5. The summed E-state index contributed by atoms with van der Waals surface area (Å²) in [6.07, 6.45) is 3.00. The fourth-order valence-electron chi connectivity index (χ4n) is 1.99. The van der Waals surface area contributed by atoms with Crippen molar-refractivity contribution in [2.24, 2.45) is 0 Å². The third kappa shape index (κ3) is 3.51. The van der Waals surface area contributed by atoms with Crippen molar-refractivity contribution in [3.8, 4) is 0 Å². The van der Waals surface area contributed by atoms with E-state index < -0.39 is 19.9 Å². The molecule has 0 radical (unpaired) electrons. The fourth-order valence-corrected chi connectivity index (χ4v) is 4.99. The Balaban J connectivity index is 2.20. The van der Waals surface area contributed by atoms with Crippen LogP contribution in [0.1, 0.15) is 6.42 Å². The Bertz CT molecular complexity index is 668. The highest BCUT2D eigenvalue weighted by Crippen LogP contribution is 2.17. The van der Waals surface area contributed by atoms with Gasteiger partial charge >= 0.3 is 0 Å². The highest BCUT2D eigenvalue weighted by molar-refractivity contribution is 7.91. The number of rotatable bonds is 4. The van der Waals surface area contributed by atoms with Gasteiger partial charge in [0.05, 0.1) is 24.2 Å². The minimum Gasteiger partial charge on any atom is -0.270 e. The zero-order valence-corrected chi connectivity index (χ0v) is 13.2. The van der Waals surface area contributed by atoms with Gasteiger partial charge in [0.15, 0.2) is 9.84 Å². The minimum atomic E-state index is -3.69. The van der Waals surface area contributed by atoms with Crippen molar-refractivity contribution in [3.63, 3.8) is 0 Å². The summed E-state index contributed by atoms with van der Waals surface area (Å²) in [5.41, 5.74) is 0.